The fraction of sp³-hybridized carbons (Fsp3) is 0.857. The number of esters is 1. The summed E-state index contributed by atoms with van der Waals surface area (Å²) in [6.07, 6.45) is 5.16. The molecule has 0 saturated carbocycles. The van der Waals surface area contributed by atoms with Crippen molar-refractivity contribution in [2.24, 2.45) is 0 Å². The van der Waals surface area contributed by atoms with Crippen LogP contribution in [0.2, 0.25) is 0 Å². The van der Waals surface area contributed by atoms with Crippen molar-refractivity contribution in [2.75, 3.05) is 33.4 Å². The first-order chi connectivity index (χ1) is 9.74. The monoisotopic (exact) mass is 286 g/mol. The van der Waals surface area contributed by atoms with Crippen LogP contribution in [0.5, 0.6) is 0 Å². The van der Waals surface area contributed by atoms with Crippen molar-refractivity contribution in [2.45, 2.75) is 44.6 Å². The lowest BCUT2D eigenvalue weighted by molar-refractivity contribution is -0.140. The summed E-state index contributed by atoms with van der Waals surface area (Å²) >= 11 is 0. The molecule has 0 aromatic heterocycles. The molecule has 6 nitrogen and oxygen atoms in total. The van der Waals surface area contributed by atoms with Gasteiger partial charge >= 0.3 is 5.97 Å². The standard InChI is InChI=1S/C14H26N2O4/c1-19-13(17)7-5-3-2-4-6-8-16-14(18)12-11-15-9-10-20-12/h12,15H,2-11H2,1H3,(H,16,18). The fourth-order valence-corrected chi connectivity index (χ4v) is 2.09. The van der Waals surface area contributed by atoms with Gasteiger partial charge in [0.2, 0.25) is 5.91 Å². The SMILES string of the molecule is COC(=O)CCCCCCCNC(=O)C1CNCCO1. The van der Waals surface area contributed by atoms with Crippen molar-refractivity contribution in [1.82, 2.24) is 10.6 Å². The first kappa shape index (κ1) is 16.9. The minimum absolute atomic E-state index is 0.0251. The van der Waals surface area contributed by atoms with Crippen LogP contribution in [0.1, 0.15) is 38.5 Å². The van der Waals surface area contributed by atoms with Crippen molar-refractivity contribution in [1.29, 1.82) is 0 Å². The highest BCUT2D eigenvalue weighted by atomic mass is 16.5. The maximum atomic E-state index is 11.7. The van der Waals surface area contributed by atoms with Gasteiger partial charge in [-0.25, -0.2) is 0 Å². The van der Waals surface area contributed by atoms with E-state index in [4.69, 9.17) is 4.74 Å². The number of methoxy groups -OCH3 is 1. The van der Waals surface area contributed by atoms with Crippen molar-refractivity contribution < 1.29 is 19.1 Å². The molecule has 1 unspecified atom stereocenters. The molecule has 20 heavy (non-hydrogen) atoms. The Morgan fingerprint density at radius 3 is 2.70 bits per heavy atom. The molecule has 0 aromatic rings. The Morgan fingerprint density at radius 1 is 1.25 bits per heavy atom. The molecule has 1 fully saturated rings. The van der Waals surface area contributed by atoms with Crippen LogP contribution in [-0.4, -0.2) is 51.3 Å². The predicted octanol–water partition coefficient (Wildman–Crippen LogP) is 0.605. The van der Waals surface area contributed by atoms with Gasteiger partial charge in [0.15, 0.2) is 0 Å². The quantitative estimate of drug-likeness (QED) is 0.479. The van der Waals surface area contributed by atoms with Gasteiger partial charge in [0.1, 0.15) is 6.10 Å². The van der Waals surface area contributed by atoms with E-state index in [1.807, 2.05) is 0 Å². The van der Waals surface area contributed by atoms with E-state index < -0.39 is 0 Å². The lowest BCUT2D eigenvalue weighted by Crippen LogP contribution is -2.48. The molecule has 1 aliphatic heterocycles. The molecule has 1 aliphatic rings. The van der Waals surface area contributed by atoms with Crippen LogP contribution in [0, 0.1) is 0 Å². The third-order valence-corrected chi connectivity index (χ3v) is 3.30. The van der Waals surface area contributed by atoms with Crippen LogP contribution in [0.15, 0.2) is 0 Å². The fourth-order valence-electron chi connectivity index (χ4n) is 2.09. The van der Waals surface area contributed by atoms with Gasteiger partial charge in [-0.15, -0.1) is 0 Å². The Bertz CT molecular complexity index is 291. The van der Waals surface area contributed by atoms with Gasteiger partial charge in [-0.3, -0.25) is 9.59 Å². The zero-order valence-electron chi connectivity index (χ0n) is 12.3. The van der Waals surface area contributed by atoms with E-state index in [2.05, 4.69) is 15.4 Å². The molecule has 0 aromatic carbocycles. The van der Waals surface area contributed by atoms with Crippen LogP contribution in [0.4, 0.5) is 0 Å². The molecule has 1 heterocycles. The number of ether oxygens (including phenoxy) is 2. The Labute approximate surface area is 120 Å². The zero-order valence-corrected chi connectivity index (χ0v) is 12.3. The summed E-state index contributed by atoms with van der Waals surface area (Å²) in [5.41, 5.74) is 0. The largest absolute Gasteiger partial charge is 0.469 e. The van der Waals surface area contributed by atoms with Crippen molar-refractivity contribution in [3.8, 4) is 0 Å². The van der Waals surface area contributed by atoms with Gasteiger partial charge in [0.05, 0.1) is 13.7 Å². The summed E-state index contributed by atoms with van der Waals surface area (Å²) in [6.45, 7) is 2.70. The Morgan fingerprint density at radius 2 is 2.00 bits per heavy atom. The van der Waals surface area contributed by atoms with Gasteiger partial charge in [0, 0.05) is 26.1 Å². The zero-order chi connectivity index (χ0) is 14.6. The Kier molecular flexibility index (Phi) is 8.98. The number of nitrogens with one attached hydrogen (secondary N) is 2. The van der Waals surface area contributed by atoms with E-state index >= 15 is 0 Å². The van der Waals surface area contributed by atoms with Gasteiger partial charge in [-0.05, 0) is 12.8 Å². The summed E-state index contributed by atoms with van der Waals surface area (Å²) in [7, 11) is 1.41. The van der Waals surface area contributed by atoms with Crippen LogP contribution >= 0.6 is 0 Å². The van der Waals surface area contributed by atoms with E-state index in [0.29, 0.717) is 26.1 Å². The molecule has 0 bridgehead atoms. The molecule has 0 radical (unpaired) electrons. The molecule has 1 amide bonds. The third kappa shape index (κ3) is 7.45. The lowest BCUT2D eigenvalue weighted by Gasteiger charge is -2.22. The number of carbonyl (C=O) groups excluding carboxylic acids is 2. The second-order valence-corrected chi connectivity index (χ2v) is 4.95. The highest BCUT2D eigenvalue weighted by Crippen LogP contribution is 2.05. The molecule has 6 heteroatoms. The second-order valence-electron chi connectivity index (χ2n) is 4.95. The predicted molar refractivity (Wildman–Crippen MR) is 75.3 cm³/mol. The van der Waals surface area contributed by atoms with Crippen LogP contribution < -0.4 is 10.6 Å². The molecule has 0 aliphatic carbocycles. The van der Waals surface area contributed by atoms with Crippen LogP contribution in [0.25, 0.3) is 0 Å². The summed E-state index contributed by atoms with van der Waals surface area (Å²) in [6, 6.07) is 0. The molecule has 0 spiro atoms. The summed E-state index contributed by atoms with van der Waals surface area (Å²) in [4.78, 5) is 22.6. The van der Waals surface area contributed by atoms with Crippen molar-refractivity contribution in [3.63, 3.8) is 0 Å². The van der Waals surface area contributed by atoms with Crippen LogP contribution in [-0.2, 0) is 19.1 Å². The van der Waals surface area contributed by atoms with E-state index in [9.17, 15) is 9.59 Å². The van der Waals surface area contributed by atoms with E-state index in [1.165, 1.54) is 7.11 Å². The van der Waals surface area contributed by atoms with Crippen LogP contribution in [0.3, 0.4) is 0 Å². The summed E-state index contributed by atoms with van der Waals surface area (Å²) < 4.78 is 9.94. The average molecular weight is 286 g/mol. The normalized spacial score (nSPS) is 18.6. The topological polar surface area (TPSA) is 76.7 Å². The molecule has 1 saturated heterocycles. The number of amides is 1. The number of hydrogen-bond donors (Lipinski definition) is 2. The minimum Gasteiger partial charge on any atom is -0.469 e. The molecule has 2 N–H and O–H groups in total. The Hall–Kier alpha value is -1.14. The first-order valence-corrected chi connectivity index (χ1v) is 7.41. The number of carbonyl (C=O) groups is 2. The molecule has 1 rings (SSSR count). The van der Waals surface area contributed by atoms with Gasteiger partial charge < -0.3 is 20.1 Å². The van der Waals surface area contributed by atoms with E-state index in [0.717, 1.165) is 38.6 Å². The minimum atomic E-state index is -0.344. The second kappa shape index (κ2) is 10.6. The average Bonchev–Trinajstić information content (AvgIpc) is 2.50. The molecule has 1 atom stereocenters. The molecular formula is C14H26N2O4. The van der Waals surface area contributed by atoms with E-state index in [1.54, 1.807) is 0 Å². The first-order valence-electron chi connectivity index (χ1n) is 7.41. The smallest absolute Gasteiger partial charge is 0.305 e. The number of rotatable bonds is 9. The highest BCUT2D eigenvalue weighted by molar-refractivity contribution is 5.81. The van der Waals surface area contributed by atoms with Gasteiger partial charge in [-0.2, -0.15) is 0 Å². The number of morpholine rings is 1. The van der Waals surface area contributed by atoms with Crippen molar-refractivity contribution in [3.05, 3.63) is 0 Å². The summed E-state index contributed by atoms with van der Waals surface area (Å²) in [5, 5.41) is 6.02. The highest BCUT2D eigenvalue weighted by Gasteiger charge is 2.20. The van der Waals surface area contributed by atoms with Gasteiger partial charge in [-0.1, -0.05) is 19.3 Å². The number of hydrogen-bond acceptors (Lipinski definition) is 5. The molecular weight excluding hydrogens is 260 g/mol. The third-order valence-electron chi connectivity index (χ3n) is 3.30. The maximum Gasteiger partial charge on any atom is 0.305 e. The van der Waals surface area contributed by atoms with Crippen molar-refractivity contribution >= 4 is 11.9 Å². The Balaban J connectivity index is 1.89. The van der Waals surface area contributed by atoms with E-state index in [-0.39, 0.29) is 18.0 Å². The summed E-state index contributed by atoms with van der Waals surface area (Å²) in [5.74, 6) is -0.166. The lowest BCUT2D eigenvalue weighted by atomic mass is 10.1. The van der Waals surface area contributed by atoms with Gasteiger partial charge in [0.25, 0.3) is 0 Å². The number of unbranched alkanes of at least 4 members (excludes halogenated alkanes) is 4. The maximum absolute atomic E-state index is 11.7. The molecule has 116 valence electrons.